The van der Waals surface area contributed by atoms with Crippen molar-refractivity contribution in [3.05, 3.63) is 28.2 Å². The zero-order chi connectivity index (χ0) is 11.5. The van der Waals surface area contributed by atoms with Gasteiger partial charge < -0.3 is 10.8 Å². The second-order valence-corrected chi connectivity index (χ2v) is 5.22. The van der Waals surface area contributed by atoms with E-state index in [-0.39, 0.29) is 6.10 Å². The third kappa shape index (κ3) is 2.97. The van der Waals surface area contributed by atoms with E-state index in [0.29, 0.717) is 0 Å². The highest BCUT2D eigenvalue weighted by Gasteiger charge is 2.16. The summed E-state index contributed by atoms with van der Waals surface area (Å²) in [7, 11) is 0. The van der Waals surface area contributed by atoms with Gasteiger partial charge in [0.15, 0.2) is 0 Å². The Morgan fingerprint density at radius 1 is 1.38 bits per heavy atom. The molecule has 0 radical (unpaired) electrons. The Morgan fingerprint density at radius 2 is 2.06 bits per heavy atom. The molecule has 2 rings (SSSR count). The summed E-state index contributed by atoms with van der Waals surface area (Å²) in [5, 5.41) is 9.42. The van der Waals surface area contributed by atoms with Crippen molar-refractivity contribution in [1.29, 1.82) is 0 Å². The van der Waals surface area contributed by atoms with Crippen LogP contribution in [0.1, 0.15) is 18.4 Å². The van der Waals surface area contributed by atoms with Crippen LogP contribution < -0.4 is 5.73 Å². The normalized spacial score (nSPS) is 18.9. The lowest BCUT2D eigenvalue weighted by Gasteiger charge is -2.29. The van der Waals surface area contributed by atoms with Gasteiger partial charge in [0, 0.05) is 29.8 Å². The number of likely N-dealkylation sites (tertiary alicyclic amines) is 1. The molecule has 0 aliphatic carbocycles. The summed E-state index contributed by atoms with van der Waals surface area (Å²) in [6.45, 7) is 2.86. The number of anilines is 1. The predicted octanol–water partition coefficient (Wildman–Crippen LogP) is 1.99. The molecular weight excluding hydrogens is 268 g/mol. The Balaban J connectivity index is 1.96. The molecule has 88 valence electrons. The van der Waals surface area contributed by atoms with Gasteiger partial charge in [-0.15, -0.1) is 0 Å². The van der Waals surface area contributed by atoms with E-state index in [4.69, 9.17) is 5.73 Å². The molecule has 1 fully saturated rings. The molecule has 3 nitrogen and oxygen atoms in total. The highest BCUT2D eigenvalue weighted by molar-refractivity contribution is 9.10. The number of hydrogen-bond acceptors (Lipinski definition) is 3. The molecule has 1 aliphatic heterocycles. The maximum absolute atomic E-state index is 9.42. The van der Waals surface area contributed by atoms with Gasteiger partial charge in [0.05, 0.1) is 6.10 Å². The van der Waals surface area contributed by atoms with Gasteiger partial charge >= 0.3 is 0 Å². The van der Waals surface area contributed by atoms with E-state index in [1.165, 1.54) is 5.56 Å². The summed E-state index contributed by atoms with van der Waals surface area (Å²) in [5.41, 5.74) is 7.86. The van der Waals surface area contributed by atoms with Crippen LogP contribution in [0.15, 0.2) is 22.7 Å². The predicted molar refractivity (Wildman–Crippen MR) is 69.1 cm³/mol. The fraction of sp³-hybridized carbons (Fsp3) is 0.500. The molecule has 0 aromatic heterocycles. The molecule has 0 atom stereocenters. The number of rotatable bonds is 2. The van der Waals surface area contributed by atoms with Gasteiger partial charge in [-0.25, -0.2) is 0 Å². The summed E-state index contributed by atoms with van der Waals surface area (Å²) < 4.78 is 0.949. The van der Waals surface area contributed by atoms with Crippen LogP contribution in [0.3, 0.4) is 0 Å². The molecule has 1 aliphatic rings. The molecule has 16 heavy (non-hydrogen) atoms. The molecule has 3 N–H and O–H groups in total. The van der Waals surface area contributed by atoms with Gasteiger partial charge in [-0.1, -0.05) is 6.07 Å². The lowest BCUT2D eigenvalue weighted by Crippen LogP contribution is -2.35. The first-order valence-electron chi connectivity index (χ1n) is 5.59. The van der Waals surface area contributed by atoms with Crippen molar-refractivity contribution in [3.8, 4) is 0 Å². The van der Waals surface area contributed by atoms with Gasteiger partial charge in [0.25, 0.3) is 0 Å². The van der Waals surface area contributed by atoms with Crippen LogP contribution in [-0.4, -0.2) is 29.2 Å². The Kier molecular flexibility index (Phi) is 3.84. The van der Waals surface area contributed by atoms with E-state index in [9.17, 15) is 5.11 Å². The summed E-state index contributed by atoms with van der Waals surface area (Å²) >= 11 is 3.39. The zero-order valence-electron chi connectivity index (χ0n) is 9.19. The van der Waals surface area contributed by atoms with Crippen molar-refractivity contribution in [2.75, 3.05) is 18.8 Å². The second kappa shape index (κ2) is 5.17. The molecule has 1 saturated heterocycles. The Hall–Kier alpha value is -0.580. The molecule has 0 unspecified atom stereocenters. The Bertz CT molecular complexity index is 362. The van der Waals surface area contributed by atoms with Crippen LogP contribution in [-0.2, 0) is 6.54 Å². The van der Waals surface area contributed by atoms with Crippen molar-refractivity contribution in [2.24, 2.45) is 0 Å². The van der Waals surface area contributed by atoms with E-state index in [2.05, 4.69) is 26.9 Å². The third-order valence-electron chi connectivity index (χ3n) is 3.02. The minimum atomic E-state index is -0.105. The number of nitrogen functional groups attached to an aromatic ring is 1. The minimum Gasteiger partial charge on any atom is -0.398 e. The Morgan fingerprint density at radius 3 is 2.69 bits per heavy atom. The largest absolute Gasteiger partial charge is 0.398 e. The monoisotopic (exact) mass is 284 g/mol. The van der Waals surface area contributed by atoms with Crippen LogP contribution in [0.5, 0.6) is 0 Å². The molecule has 0 spiro atoms. The van der Waals surface area contributed by atoms with Crippen molar-refractivity contribution < 1.29 is 5.11 Å². The van der Waals surface area contributed by atoms with Gasteiger partial charge in [-0.2, -0.15) is 0 Å². The Labute approximate surface area is 104 Å². The lowest BCUT2D eigenvalue weighted by molar-refractivity contribution is 0.0792. The van der Waals surface area contributed by atoms with Gasteiger partial charge in [0.1, 0.15) is 0 Å². The number of aliphatic hydroxyl groups is 1. The van der Waals surface area contributed by atoms with Crippen molar-refractivity contribution in [3.63, 3.8) is 0 Å². The summed E-state index contributed by atoms with van der Waals surface area (Å²) in [4.78, 5) is 2.36. The summed E-state index contributed by atoms with van der Waals surface area (Å²) in [5.74, 6) is 0. The highest BCUT2D eigenvalue weighted by atomic mass is 79.9. The van der Waals surface area contributed by atoms with Crippen molar-refractivity contribution >= 4 is 21.6 Å². The first-order valence-corrected chi connectivity index (χ1v) is 6.39. The van der Waals surface area contributed by atoms with Crippen LogP contribution >= 0.6 is 15.9 Å². The highest BCUT2D eigenvalue weighted by Crippen LogP contribution is 2.22. The SMILES string of the molecule is Nc1cc(CN2CCC(O)CC2)ccc1Br. The molecule has 4 heteroatoms. The number of aliphatic hydroxyl groups excluding tert-OH is 1. The number of nitrogens with two attached hydrogens (primary N) is 1. The first-order chi connectivity index (χ1) is 7.65. The molecule has 0 amide bonds. The second-order valence-electron chi connectivity index (χ2n) is 4.36. The molecular formula is C12H17BrN2O. The quantitative estimate of drug-likeness (QED) is 0.817. The standard InChI is InChI=1S/C12H17BrN2O/c13-11-2-1-9(7-12(11)14)8-15-5-3-10(16)4-6-15/h1-2,7,10,16H,3-6,8,14H2. The van der Waals surface area contributed by atoms with Crippen molar-refractivity contribution in [2.45, 2.75) is 25.5 Å². The summed E-state index contributed by atoms with van der Waals surface area (Å²) in [6, 6.07) is 6.09. The maximum atomic E-state index is 9.42. The number of piperidine rings is 1. The fourth-order valence-corrected chi connectivity index (χ4v) is 2.27. The fourth-order valence-electron chi connectivity index (χ4n) is 2.03. The van der Waals surface area contributed by atoms with Crippen LogP contribution in [0.4, 0.5) is 5.69 Å². The third-order valence-corrected chi connectivity index (χ3v) is 3.75. The molecule has 1 heterocycles. The van der Waals surface area contributed by atoms with Crippen molar-refractivity contribution in [1.82, 2.24) is 4.90 Å². The number of nitrogens with zero attached hydrogens (tertiary/aromatic N) is 1. The number of benzene rings is 1. The number of hydrogen-bond donors (Lipinski definition) is 2. The minimum absolute atomic E-state index is 0.105. The lowest BCUT2D eigenvalue weighted by atomic mass is 10.1. The maximum Gasteiger partial charge on any atom is 0.0564 e. The topological polar surface area (TPSA) is 49.5 Å². The van der Waals surface area contributed by atoms with E-state index in [1.54, 1.807) is 0 Å². The van der Waals surface area contributed by atoms with Gasteiger partial charge in [-0.05, 0) is 46.5 Å². The number of halogens is 1. The zero-order valence-corrected chi connectivity index (χ0v) is 10.8. The van der Waals surface area contributed by atoms with E-state index < -0.39 is 0 Å². The van der Waals surface area contributed by atoms with Crippen LogP contribution in [0, 0.1) is 0 Å². The van der Waals surface area contributed by atoms with Gasteiger partial charge in [0.2, 0.25) is 0 Å². The van der Waals surface area contributed by atoms with E-state index in [0.717, 1.165) is 42.6 Å². The molecule has 1 aromatic carbocycles. The molecule has 0 bridgehead atoms. The van der Waals surface area contributed by atoms with E-state index in [1.807, 2.05) is 12.1 Å². The van der Waals surface area contributed by atoms with E-state index >= 15 is 0 Å². The average molecular weight is 285 g/mol. The first kappa shape index (κ1) is 11.9. The van der Waals surface area contributed by atoms with Crippen LogP contribution in [0.2, 0.25) is 0 Å². The smallest absolute Gasteiger partial charge is 0.0564 e. The average Bonchev–Trinajstić information content (AvgIpc) is 2.27. The molecule has 1 aromatic rings. The molecule has 0 saturated carbocycles. The summed E-state index contributed by atoms with van der Waals surface area (Å²) in [6.07, 6.45) is 1.66. The van der Waals surface area contributed by atoms with Gasteiger partial charge in [-0.3, -0.25) is 4.90 Å². The van der Waals surface area contributed by atoms with Crippen LogP contribution in [0.25, 0.3) is 0 Å².